The van der Waals surface area contributed by atoms with Gasteiger partial charge in [-0.3, -0.25) is 28.2 Å². The monoisotopic (exact) mass is 1120 g/mol. The van der Waals surface area contributed by atoms with Crippen LogP contribution in [0.15, 0.2) is 0 Å². The van der Waals surface area contributed by atoms with Crippen molar-refractivity contribution in [1.29, 1.82) is 0 Å². The lowest BCUT2D eigenvalue weighted by Crippen LogP contribution is -2.00. The summed E-state index contributed by atoms with van der Waals surface area (Å²) in [6.07, 6.45) is 23.4. The Bertz CT molecular complexity index is 1010. The number of carbonyl (C=O) groups excluding carboxylic acids is 6. The van der Waals surface area contributed by atoms with Gasteiger partial charge in [0.25, 0.3) is 0 Å². The minimum absolute atomic E-state index is 0.0671. The first-order valence-corrected chi connectivity index (χ1v) is 32.9. The number of thioether (sulfide) groups is 3. The molecule has 0 aromatic heterocycles. The Balaban J connectivity index is -0.0000000525. The molecular formula is C52H114O12S6. The Kier molecular flexibility index (Phi) is 137. The first-order chi connectivity index (χ1) is 32.6. The van der Waals surface area contributed by atoms with Crippen molar-refractivity contribution in [1.82, 2.24) is 0 Å². The zero-order valence-electron chi connectivity index (χ0n) is 49.7. The van der Waals surface area contributed by atoms with Crippen molar-refractivity contribution in [3.8, 4) is 0 Å². The molecule has 0 N–H and O–H groups in total. The van der Waals surface area contributed by atoms with Crippen molar-refractivity contribution in [2.75, 3.05) is 88.8 Å². The topological polar surface area (TPSA) is 181 Å². The van der Waals surface area contributed by atoms with Gasteiger partial charge in [-0.2, -0.15) is 23.5 Å². The van der Waals surface area contributed by atoms with Gasteiger partial charge >= 0.3 is 5.97 Å². The van der Waals surface area contributed by atoms with Gasteiger partial charge in [-0.1, -0.05) is 133 Å². The summed E-state index contributed by atoms with van der Waals surface area (Å²) in [6.45, 7) is 32.0. The molecule has 0 aliphatic heterocycles. The fraction of sp³-hybridized carbons (Fsp3) is 0.865. The minimum Gasteiger partial charge on any atom is -0.469 e. The van der Waals surface area contributed by atoms with Crippen molar-refractivity contribution >= 4 is 107 Å². The number of unbranched alkanes of at least 4 members (excludes halogenated alkanes) is 2. The molecule has 0 bridgehead atoms. The molecule has 0 radical (unpaired) electrons. The van der Waals surface area contributed by atoms with Crippen LogP contribution in [0.3, 0.4) is 0 Å². The first-order valence-electron chi connectivity index (χ1n) is 24.7. The molecule has 0 rings (SSSR count). The molecule has 0 aromatic rings. The van der Waals surface area contributed by atoms with Crippen molar-refractivity contribution < 1.29 is 55.6 Å². The standard InChI is InChI=1S/2C5H10O.C5H10S.C5H12.C4H10O2S.2C4H8O2.C4H8OS.C4H10OS.C4H8OS.C4H10O.C4H10S/c1-3-4-5(2)6;2*1-3-5(6)4-2;1-3-5-4-2;1-3-4-7(2,5)6;1-4(5)3-6-2;1-3-4(5)6-2;1-4(5)3-6-2;1-3-4-6(2)5;1-3-4(5)6-2;2*1-3-4-5-2/h3*3-4H2,1-2H3;3-5H2,1-2H3;3-4H2,1-2H3;3*3H2,1-2H3;3-4H2,1-2H3;3H2,1-2H3;2*3-4H2,1-2H3. The number of esters is 1. The highest BCUT2D eigenvalue weighted by Gasteiger charge is 1.95. The molecule has 0 aromatic carbocycles. The number of hydrogen-bond donors (Lipinski definition) is 0. The molecule has 0 saturated heterocycles. The van der Waals surface area contributed by atoms with E-state index in [9.17, 15) is 41.4 Å². The SMILES string of the molecule is CCC(=O)CC.CCC(=O)OC.CCC(=O)SC.CCC(=S)CC.CCCC(C)=O.CCCCC.CCCOC.CCCS(C)(=O)=O.CCCS(C)=O.CCCSC.COCC(C)=O.CSCC(C)=O. The summed E-state index contributed by atoms with van der Waals surface area (Å²) in [5.74, 6) is 3.91. The highest BCUT2D eigenvalue weighted by atomic mass is 32.2. The number of ether oxygens (including phenoxy) is 3. The van der Waals surface area contributed by atoms with E-state index in [-0.39, 0.29) is 35.0 Å². The van der Waals surface area contributed by atoms with Gasteiger partial charge in [-0.25, -0.2) is 8.42 Å². The molecular weight excluding hydrogens is 1010 g/mol. The fourth-order valence-electron chi connectivity index (χ4n) is 2.97. The quantitative estimate of drug-likeness (QED) is 0.0737. The molecule has 0 saturated carbocycles. The normalized spacial score (nSPS) is 9.14. The number of methoxy groups -OCH3 is 3. The van der Waals surface area contributed by atoms with Crippen molar-refractivity contribution in [2.45, 2.75) is 207 Å². The van der Waals surface area contributed by atoms with E-state index in [0.29, 0.717) is 43.0 Å². The Labute approximate surface area is 455 Å². The zero-order chi connectivity index (χ0) is 58.2. The fourth-order valence-corrected chi connectivity index (χ4v) is 5.39. The minimum atomic E-state index is -2.67. The third kappa shape index (κ3) is 213. The molecule has 70 heavy (non-hydrogen) atoms. The average molecular weight is 1120 g/mol. The number of hydrogen-bond acceptors (Lipinski definition) is 16. The van der Waals surface area contributed by atoms with Crippen LogP contribution in [-0.2, 0) is 63.6 Å². The van der Waals surface area contributed by atoms with Gasteiger partial charge in [0.2, 0.25) is 0 Å². The van der Waals surface area contributed by atoms with E-state index in [1.807, 2.05) is 59.6 Å². The average Bonchev–Trinajstić information content (AvgIpc) is 3.30. The smallest absolute Gasteiger partial charge is 0.305 e. The van der Waals surface area contributed by atoms with Crippen LogP contribution < -0.4 is 0 Å². The Hall–Kier alpha value is -1.02. The van der Waals surface area contributed by atoms with Crippen LogP contribution in [0.4, 0.5) is 0 Å². The van der Waals surface area contributed by atoms with E-state index in [1.54, 1.807) is 52.2 Å². The lowest BCUT2D eigenvalue weighted by Gasteiger charge is -1.87. The van der Waals surface area contributed by atoms with Gasteiger partial charge in [0.15, 0.2) is 10.9 Å². The predicted octanol–water partition coefficient (Wildman–Crippen LogP) is 14.2. The number of Topliss-reactive ketones (excluding diaryl/α,β-unsaturated/α-hetero) is 4. The number of sulfone groups is 1. The highest BCUT2D eigenvalue weighted by Crippen LogP contribution is 1.96. The second-order valence-electron chi connectivity index (χ2n) is 14.3. The molecule has 0 heterocycles. The number of ketones is 4. The van der Waals surface area contributed by atoms with Crippen molar-refractivity contribution in [3.05, 3.63) is 0 Å². The summed E-state index contributed by atoms with van der Waals surface area (Å²) < 4.78 is 44.0. The van der Waals surface area contributed by atoms with Gasteiger partial charge in [-0.05, 0) is 95.1 Å². The van der Waals surface area contributed by atoms with E-state index < -0.39 is 20.6 Å². The maximum absolute atomic E-state index is 10.2. The Morgan fingerprint density at radius 1 is 0.571 bits per heavy atom. The number of rotatable bonds is 22. The molecule has 1 unspecified atom stereocenters. The summed E-state index contributed by atoms with van der Waals surface area (Å²) in [6, 6.07) is 0. The number of carbonyl (C=O) groups is 6. The lowest BCUT2D eigenvalue weighted by atomic mass is 10.3. The summed E-state index contributed by atoms with van der Waals surface area (Å²) >= 11 is 9.60. The molecule has 0 amide bonds. The van der Waals surface area contributed by atoms with Gasteiger partial charge in [-0.15, -0.1) is 0 Å². The molecule has 430 valence electrons. The van der Waals surface area contributed by atoms with Gasteiger partial charge in [0, 0.05) is 87.7 Å². The maximum Gasteiger partial charge on any atom is 0.305 e. The van der Waals surface area contributed by atoms with Gasteiger partial charge < -0.3 is 19.0 Å². The molecule has 0 aliphatic carbocycles. The molecule has 0 fully saturated rings. The highest BCUT2D eigenvalue weighted by molar-refractivity contribution is 8.13. The third-order valence-corrected chi connectivity index (χ3v) is 11.5. The van der Waals surface area contributed by atoms with Gasteiger partial charge in [0.1, 0.15) is 33.8 Å². The van der Waals surface area contributed by atoms with E-state index >= 15 is 0 Å². The molecule has 0 aliphatic rings. The molecule has 12 nitrogen and oxygen atoms in total. The second-order valence-corrected chi connectivity index (χ2v) is 21.4. The first kappa shape index (κ1) is 98.2. The summed E-state index contributed by atoms with van der Waals surface area (Å²) in [7, 11) is 1.35. The van der Waals surface area contributed by atoms with Crippen molar-refractivity contribution in [2.24, 2.45) is 0 Å². The summed E-state index contributed by atoms with van der Waals surface area (Å²) in [4.78, 5) is 61.4. The summed E-state index contributed by atoms with van der Waals surface area (Å²) in [5.41, 5.74) is 0. The van der Waals surface area contributed by atoms with Gasteiger partial charge in [0.05, 0.1) is 12.9 Å². The largest absolute Gasteiger partial charge is 0.469 e. The maximum atomic E-state index is 10.2. The van der Waals surface area contributed by atoms with Crippen LogP contribution in [-0.4, -0.2) is 141 Å². The molecule has 1 atom stereocenters. The lowest BCUT2D eigenvalue weighted by molar-refractivity contribution is -0.140. The van der Waals surface area contributed by atoms with E-state index in [4.69, 9.17) is 17.0 Å². The van der Waals surface area contributed by atoms with Crippen LogP contribution in [0.5, 0.6) is 0 Å². The summed E-state index contributed by atoms with van der Waals surface area (Å²) in [5, 5.41) is 0.259. The Morgan fingerprint density at radius 3 is 1.04 bits per heavy atom. The predicted molar refractivity (Wildman–Crippen MR) is 322 cm³/mol. The molecule has 0 spiro atoms. The van der Waals surface area contributed by atoms with Crippen LogP contribution in [0, 0.1) is 0 Å². The van der Waals surface area contributed by atoms with Crippen LogP contribution in [0.2, 0.25) is 0 Å². The zero-order valence-corrected chi connectivity index (χ0v) is 54.6. The number of thiocarbonyl (C=S) groups is 1. The van der Waals surface area contributed by atoms with Crippen molar-refractivity contribution in [3.63, 3.8) is 0 Å². The van der Waals surface area contributed by atoms with E-state index in [2.05, 4.69) is 57.3 Å². The van der Waals surface area contributed by atoms with Crippen LogP contribution >= 0.6 is 47.5 Å². The van der Waals surface area contributed by atoms with Crippen LogP contribution in [0.1, 0.15) is 207 Å². The Morgan fingerprint density at radius 2 is 1.04 bits per heavy atom. The third-order valence-electron chi connectivity index (χ3n) is 6.50. The molecule has 18 heteroatoms. The van der Waals surface area contributed by atoms with E-state index in [0.717, 1.165) is 57.3 Å². The van der Waals surface area contributed by atoms with E-state index in [1.165, 1.54) is 75.5 Å². The van der Waals surface area contributed by atoms with Crippen LogP contribution in [0.25, 0.3) is 0 Å². The second kappa shape index (κ2) is 97.3.